The normalized spacial score (nSPS) is 22.9. The molecule has 1 saturated heterocycles. The molecule has 2 heterocycles. The smallest absolute Gasteiger partial charge is 0.331 e. The summed E-state index contributed by atoms with van der Waals surface area (Å²) in [7, 11) is 0. The van der Waals surface area contributed by atoms with Crippen molar-refractivity contribution in [2.24, 2.45) is 0 Å². The fraction of sp³-hybridized carbons (Fsp3) is 0.455. The van der Waals surface area contributed by atoms with Crippen molar-refractivity contribution >= 4 is 39.1 Å². The van der Waals surface area contributed by atoms with Crippen molar-refractivity contribution in [2.75, 3.05) is 13.2 Å². The topological polar surface area (TPSA) is 75.6 Å². The Balaban J connectivity index is 1.99. The van der Waals surface area contributed by atoms with Crippen molar-refractivity contribution in [2.45, 2.75) is 18.4 Å². The lowest BCUT2D eigenvalue weighted by Crippen LogP contribution is -2.55. The Morgan fingerprint density at radius 3 is 2.83 bits per heavy atom. The SMILES string of the molecule is O=C(Cc1ccc(Br)s1)NC1(C(=O)O)CCOC1. The van der Waals surface area contributed by atoms with Crippen LogP contribution in [-0.2, 0) is 20.7 Å². The van der Waals surface area contributed by atoms with Crippen LogP contribution in [0.1, 0.15) is 11.3 Å². The molecule has 0 bridgehead atoms. The van der Waals surface area contributed by atoms with Gasteiger partial charge in [-0.25, -0.2) is 4.79 Å². The number of nitrogens with one attached hydrogen (secondary N) is 1. The Morgan fingerprint density at radius 1 is 1.56 bits per heavy atom. The van der Waals surface area contributed by atoms with E-state index >= 15 is 0 Å². The summed E-state index contributed by atoms with van der Waals surface area (Å²) in [4.78, 5) is 24.0. The van der Waals surface area contributed by atoms with E-state index in [1.165, 1.54) is 11.3 Å². The van der Waals surface area contributed by atoms with Gasteiger partial charge in [0.05, 0.1) is 16.8 Å². The number of aliphatic carboxylic acids is 1. The van der Waals surface area contributed by atoms with Gasteiger partial charge in [-0.3, -0.25) is 4.79 Å². The molecule has 2 N–H and O–H groups in total. The molecular weight excluding hydrogens is 322 g/mol. The molecule has 1 aliphatic heterocycles. The van der Waals surface area contributed by atoms with E-state index in [0.29, 0.717) is 13.0 Å². The molecule has 1 amide bonds. The zero-order valence-electron chi connectivity index (χ0n) is 9.44. The average Bonchev–Trinajstić information content (AvgIpc) is 2.89. The van der Waals surface area contributed by atoms with Crippen molar-refractivity contribution in [1.29, 1.82) is 0 Å². The zero-order valence-corrected chi connectivity index (χ0v) is 11.8. The van der Waals surface area contributed by atoms with Crippen molar-refractivity contribution in [1.82, 2.24) is 5.32 Å². The fourth-order valence-corrected chi connectivity index (χ4v) is 3.28. The van der Waals surface area contributed by atoms with Gasteiger partial charge < -0.3 is 15.2 Å². The second-order valence-electron chi connectivity index (χ2n) is 4.12. The number of amides is 1. The number of carbonyl (C=O) groups excluding carboxylic acids is 1. The van der Waals surface area contributed by atoms with Crippen molar-refractivity contribution < 1.29 is 19.4 Å². The molecule has 1 aromatic rings. The minimum Gasteiger partial charge on any atom is -0.479 e. The summed E-state index contributed by atoms with van der Waals surface area (Å²) < 4.78 is 6.02. The molecule has 0 saturated carbocycles. The number of hydrogen-bond donors (Lipinski definition) is 2. The summed E-state index contributed by atoms with van der Waals surface area (Å²) in [6, 6.07) is 3.70. The average molecular weight is 334 g/mol. The molecule has 1 aliphatic rings. The minimum atomic E-state index is -1.26. The fourth-order valence-electron chi connectivity index (χ4n) is 1.80. The van der Waals surface area contributed by atoms with Gasteiger partial charge in [-0.1, -0.05) is 0 Å². The highest BCUT2D eigenvalue weighted by Crippen LogP contribution is 2.23. The van der Waals surface area contributed by atoms with Crippen molar-refractivity contribution in [3.05, 3.63) is 20.8 Å². The molecule has 1 atom stereocenters. The van der Waals surface area contributed by atoms with Gasteiger partial charge in [0.2, 0.25) is 5.91 Å². The summed E-state index contributed by atoms with van der Waals surface area (Å²) in [5.74, 6) is -1.34. The van der Waals surface area contributed by atoms with E-state index in [2.05, 4.69) is 21.2 Å². The first-order chi connectivity index (χ1) is 8.52. The first-order valence-corrected chi connectivity index (χ1v) is 6.99. The third-order valence-corrected chi connectivity index (χ3v) is 4.40. The van der Waals surface area contributed by atoms with Crippen molar-refractivity contribution in [3.8, 4) is 0 Å². The molecule has 7 heteroatoms. The molecule has 18 heavy (non-hydrogen) atoms. The van der Waals surface area contributed by atoms with E-state index in [-0.39, 0.29) is 18.9 Å². The number of ether oxygens (including phenoxy) is 1. The third-order valence-electron chi connectivity index (χ3n) is 2.77. The maximum absolute atomic E-state index is 11.8. The van der Waals surface area contributed by atoms with Crippen LogP contribution in [0.3, 0.4) is 0 Å². The van der Waals surface area contributed by atoms with E-state index in [4.69, 9.17) is 4.74 Å². The molecular formula is C11H12BrNO4S. The van der Waals surface area contributed by atoms with E-state index in [9.17, 15) is 14.7 Å². The van der Waals surface area contributed by atoms with Crippen LogP contribution in [0.25, 0.3) is 0 Å². The highest BCUT2D eigenvalue weighted by Gasteiger charge is 2.43. The molecule has 1 unspecified atom stereocenters. The van der Waals surface area contributed by atoms with Crippen LogP contribution in [0.15, 0.2) is 15.9 Å². The van der Waals surface area contributed by atoms with Crippen molar-refractivity contribution in [3.63, 3.8) is 0 Å². The number of thiophene rings is 1. The summed E-state index contributed by atoms with van der Waals surface area (Å²) in [6.07, 6.45) is 0.494. The number of halogens is 1. The highest BCUT2D eigenvalue weighted by molar-refractivity contribution is 9.11. The summed E-state index contributed by atoms with van der Waals surface area (Å²) in [5.41, 5.74) is -1.26. The molecule has 1 aromatic heterocycles. The standard InChI is InChI=1S/C11H12BrNO4S/c12-8-2-1-7(18-8)5-9(14)13-11(10(15)16)3-4-17-6-11/h1-2H,3-6H2,(H,13,14)(H,15,16). The Labute approximate surface area is 116 Å². The quantitative estimate of drug-likeness (QED) is 0.873. The van der Waals surface area contributed by atoms with Gasteiger partial charge in [0, 0.05) is 17.9 Å². The van der Waals surface area contributed by atoms with Crippen LogP contribution in [0, 0.1) is 0 Å². The lowest BCUT2D eigenvalue weighted by atomic mass is 9.99. The van der Waals surface area contributed by atoms with Gasteiger partial charge in [-0.05, 0) is 28.1 Å². The third kappa shape index (κ3) is 2.90. The number of carboxylic acids is 1. The van der Waals surface area contributed by atoms with Gasteiger partial charge in [0.15, 0.2) is 5.54 Å². The second-order valence-corrected chi connectivity index (χ2v) is 6.67. The van der Waals surface area contributed by atoms with Gasteiger partial charge in [-0.2, -0.15) is 0 Å². The van der Waals surface area contributed by atoms with Crippen LogP contribution in [-0.4, -0.2) is 35.7 Å². The zero-order chi connectivity index (χ0) is 13.2. The maximum Gasteiger partial charge on any atom is 0.331 e. The predicted molar refractivity (Wildman–Crippen MR) is 69.7 cm³/mol. The van der Waals surface area contributed by atoms with E-state index in [1.54, 1.807) is 0 Å². The van der Waals surface area contributed by atoms with E-state index < -0.39 is 11.5 Å². The molecule has 5 nitrogen and oxygen atoms in total. The summed E-state index contributed by atoms with van der Waals surface area (Å²) >= 11 is 4.78. The molecule has 98 valence electrons. The van der Waals surface area contributed by atoms with Gasteiger partial charge in [0.1, 0.15) is 0 Å². The first kappa shape index (κ1) is 13.5. The Kier molecular flexibility index (Phi) is 4.04. The lowest BCUT2D eigenvalue weighted by molar-refractivity contribution is -0.147. The number of carboxylic acid groups (broad SMARTS) is 1. The monoisotopic (exact) mass is 333 g/mol. The lowest BCUT2D eigenvalue weighted by Gasteiger charge is -2.23. The largest absolute Gasteiger partial charge is 0.479 e. The number of hydrogen-bond acceptors (Lipinski definition) is 4. The number of carbonyl (C=O) groups is 2. The Hall–Kier alpha value is -0.920. The van der Waals surface area contributed by atoms with Crippen LogP contribution >= 0.6 is 27.3 Å². The predicted octanol–water partition coefficient (Wildman–Crippen LogP) is 1.41. The summed E-state index contributed by atoms with van der Waals surface area (Å²) in [5, 5.41) is 11.8. The maximum atomic E-state index is 11.8. The van der Waals surface area contributed by atoms with Crippen LogP contribution in [0.5, 0.6) is 0 Å². The molecule has 0 radical (unpaired) electrons. The van der Waals surface area contributed by atoms with Gasteiger partial charge in [-0.15, -0.1) is 11.3 Å². The van der Waals surface area contributed by atoms with E-state index in [1.807, 2.05) is 12.1 Å². The van der Waals surface area contributed by atoms with Crippen LogP contribution in [0.2, 0.25) is 0 Å². The highest BCUT2D eigenvalue weighted by atomic mass is 79.9. The molecule has 0 spiro atoms. The molecule has 0 aliphatic carbocycles. The van der Waals surface area contributed by atoms with Crippen LogP contribution in [0.4, 0.5) is 0 Å². The van der Waals surface area contributed by atoms with Gasteiger partial charge in [0.25, 0.3) is 0 Å². The first-order valence-electron chi connectivity index (χ1n) is 5.38. The van der Waals surface area contributed by atoms with Crippen LogP contribution < -0.4 is 5.32 Å². The Morgan fingerprint density at radius 2 is 2.33 bits per heavy atom. The van der Waals surface area contributed by atoms with E-state index in [0.717, 1.165) is 8.66 Å². The summed E-state index contributed by atoms with van der Waals surface area (Å²) in [6.45, 7) is 0.388. The minimum absolute atomic E-state index is 0.0300. The molecule has 2 rings (SSSR count). The number of rotatable bonds is 4. The molecule has 1 fully saturated rings. The Bertz CT molecular complexity index is 467. The van der Waals surface area contributed by atoms with Gasteiger partial charge >= 0.3 is 5.97 Å². The molecule has 0 aromatic carbocycles. The second kappa shape index (κ2) is 5.38.